The first-order valence-electron chi connectivity index (χ1n) is 11.8. The first-order valence-corrected chi connectivity index (χ1v) is 12.8. The van der Waals surface area contributed by atoms with Crippen molar-refractivity contribution < 1.29 is 43.4 Å². The molecule has 1 fully saturated rings. The molecule has 1 aromatic carbocycles. The van der Waals surface area contributed by atoms with E-state index in [1.165, 1.54) is 18.7 Å². The Morgan fingerprint density at radius 2 is 1.92 bits per heavy atom. The maximum Gasteiger partial charge on any atom is 0.352 e. The molecule has 0 saturated carbocycles. The van der Waals surface area contributed by atoms with Crippen molar-refractivity contribution in [3.8, 4) is 0 Å². The first-order chi connectivity index (χ1) is 18.1. The Morgan fingerprint density at radius 3 is 2.55 bits per heavy atom. The molecule has 13 heteroatoms. The molecule has 2 heterocycles. The van der Waals surface area contributed by atoms with Crippen LogP contribution in [0, 0.1) is 0 Å². The quantitative estimate of drug-likeness (QED) is 0.136. The zero-order valence-electron chi connectivity index (χ0n) is 20.5. The van der Waals surface area contributed by atoms with E-state index in [0.717, 1.165) is 4.90 Å². The van der Waals surface area contributed by atoms with E-state index in [9.17, 15) is 38.7 Å². The van der Waals surface area contributed by atoms with Crippen molar-refractivity contribution in [2.75, 3.05) is 12.4 Å². The maximum absolute atomic E-state index is 12.7. The van der Waals surface area contributed by atoms with E-state index in [-0.39, 0.29) is 42.9 Å². The molecule has 202 valence electrons. The van der Waals surface area contributed by atoms with Gasteiger partial charge in [-0.2, -0.15) is 0 Å². The van der Waals surface area contributed by atoms with Gasteiger partial charge >= 0.3 is 11.9 Å². The highest BCUT2D eigenvalue weighted by Crippen LogP contribution is 2.40. The fraction of sp³-hybridized carbons (Fsp3) is 0.400. The molecule has 1 saturated heterocycles. The summed E-state index contributed by atoms with van der Waals surface area (Å²) < 4.78 is 4.98. The van der Waals surface area contributed by atoms with Gasteiger partial charge in [0.15, 0.2) is 0 Å². The maximum atomic E-state index is 12.7. The highest BCUT2D eigenvalue weighted by Gasteiger charge is 2.54. The van der Waals surface area contributed by atoms with Gasteiger partial charge in [0.1, 0.15) is 42.2 Å². The second-order valence-electron chi connectivity index (χ2n) is 8.73. The number of aldehydes is 1. The molecule has 3 amide bonds. The van der Waals surface area contributed by atoms with E-state index < -0.39 is 59.3 Å². The highest BCUT2D eigenvalue weighted by atomic mass is 32.2. The number of nitrogens with zero attached hydrogens (tertiary/aromatic N) is 1. The van der Waals surface area contributed by atoms with Gasteiger partial charge in [-0.05, 0) is 31.9 Å². The van der Waals surface area contributed by atoms with Crippen molar-refractivity contribution in [2.24, 2.45) is 0 Å². The third-order valence-corrected chi connectivity index (χ3v) is 7.14. The summed E-state index contributed by atoms with van der Waals surface area (Å²) in [5, 5.41) is 14.2. The first kappa shape index (κ1) is 28.6. The van der Waals surface area contributed by atoms with Gasteiger partial charge in [-0.25, -0.2) is 4.79 Å². The molecule has 3 rings (SSSR count). The van der Waals surface area contributed by atoms with Crippen LogP contribution in [-0.2, 0) is 33.5 Å². The number of nitrogens with one attached hydrogen (secondary N) is 2. The third kappa shape index (κ3) is 7.06. The summed E-state index contributed by atoms with van der Waals surface area (Å²) in [5.41, 5.74) is 0.316. The van der Waals surface area contributed by atoms with Crippen LogP contribution < -0.4 is 10.6 Å². The van der Waals surface area contributed by atoms with Gasteiger partial charge in [-0.1, -0.05) is 18.2 Å². The van der Waals surface area contributed by atoms with Gasteiger partial charge < -0.3 is 25.3 Å². The number of benzene rings is 1. The van der Waals surface area contributed by atoms with Crippen LogP contribution in [0.3, 0.4) is 0 Å². The Bertz CT molecular complexity index is 1170. The largest absolute Gasteiger partial charge is 0.477 e. The van der Waals surface area contributed by atoms with Gasteiger partial charge in [-0.15, -0.1) is 11.8 Å². The van der Waals surface area contributed by atoms with E-state index in [4.69, 9.17) is 4.74 Å². The fourth-order valence-corrected chi connectivity index (χ4v) is 5.29. The van der Waals surface area contributed by atoms with Gasteiger partial charge in [0.25, 0.3) is 11.8 Å². The molecule has 0 spiro atoms. The van der Waals surface area contributed by atoms with Crippen LogP contribution in [0.25, 0.3) is 0 Å². The molecule has 38 heavy (non-hydrogen) atoms. The highest BCUT2D eigenvalue weighted by molar-refractivity contribution is 8.00. The molecule has 2 unspecified atom stereocenters. The fourth-order valence-electron chi connectivity index (χ4n) is 3.96. The van der Waals surface area contributed by atoms with Gasteiger partial charge in [0.2, 0.25) is 5.91 Å². The van der Waals surface area contributed by atoms with Gasteiger partial charge in [-0.3, -0.25) is 28.9 Å². The minimum atomic E-state index is -1.37. The van der Waals surface area contributed by atoms with Gasteiger partial charge in [0, 0.05) is 23.3 Å². The molecular weight excluding hydrogens is 518 g/mol. The second kappa shape index (κ2) is 13.0. The lowest BCUT2D eigenvalue weighted by Crippen LogP contribution is -2.70. The van der Waals surface area contributed by atoms with Crippen LogP contribution in [-0.4, -0.2) is 81.6 Å². The summed E-state index contributed by atoms with van der Waals surface area (Å²) in [6, 6.07) is 6.68. The molecule has 3 N–H and O–H groups in total. The summed E-state index contributed by atoms with van der Waals surface area (Å²) in [4.78, 5) is 84.3. The van der Waals surface area contributed by atoms with Crippen LogP contribution in [0.5, 0.6) is 0 Å². The summed E-state index contributed by atoms with van der Waals surface area (Å²) in [7, 11) is 0. The molecule has 2 aliphatic rings. The Morgan fingerprint density at radius 1 is 1.21 bits per heavy atom. The van der Waals surface area contributed by atoms with Crippen molar-refractivity contribution in [3.05, 3.63) is 47.2 Å². The molecule has 0 bridgehead atoms. The summed E-state index contributed by atoms with van der Waals surface area (Å²) in [5.74, 6) is -3.87. The topological polar surface area (TPSA) is 176 Å². The minimum Gasteiger partial charge on any atom is -0.477 e. The molecule has 3 atom stereocenters. The van der Waals surface area contributed by atoms with E-state index in [1.54, 1.807) is 30.3 Å². The van der Waals surface area contributed by atoms with Crippen LogP contribution >= 0.6 is 11.8 Å². The molecule has 2 aliphatic heterocycles. The van der Waals surface area contributed by atoms with Crippen molar-refractivity contribution in [2.45, 2.75) is 50.1 Å². The molecular formula is C25H27N3O9S. The summed E-state index contributed by atoms with van der Waals surface area (Å²) >= 11 is 1.22. The Balaban J connectivity index is 1.50. The number of carboxylic acid groups (broad SMARTS) is 1. The van der Waals surface area contributed by atoms with Crippen LogP contribution in [0.4, 0.5) is 0 Å². The van der Waals surface area contributed by atoms with Crippen LogP contribution in [0.15, 0.2) is 41.6 Å². The number of thioether (sulfide) groups is 1. The number of ether oxygens (including phenoxy) is 1. The number of Topliss-reactive ketones (excluding diaryl/α,β-unsaturated/α-hetero) is 1. The number of fused-ring (bicyclic) bond motifs is 1. The Labute approximate surface area is 222 Å². The second-order valence-corrected chi connectivity index (χ2v) is 9.83. The summed E-state index contributed by atoms with van der Waals surface area (Å²) in [6.45, 7) is 0.856. The SMILES string of the molecule is CC(=O)CC(=O)OCC1=C(C(=O)O)N2C(=O)C(NC(=O)CCCC(C=O)NC(=O)c3ccccc3)[C@@H]2SC1. The number of carbonyl (C=O) groups excluding carboxylic acids is 6. The standard InChI is InChI=1S/C25H27N3O9S/c1-14(30)10-19(32)37-12-16-13-38-24-20(23(34)28(24)21(16)25(35)36)27-18(31)9-5-8-17(11-29)26-22(33)15-6-3-2-4-7-15/h2-4,6-7,11,17,20,24H,5,8-10,12-13H2,1H3,(H,26,33)(H,27,31)(H,35,36)/t17?,20?,24-/m0/s1. The number of hydrogen-bond donors (Lipinski definition) is 3. The number of esters is 1. The predicted octanol–water partition coefficient (Wildman–Crippen LogP) is 0.415. The third-order valence-electron chi connectivity index (χ3n) is 5.80. The molecule has 1 aromatic rings. The Hall–Kier alpha value is -4.00. The van der Waals surface area contributed by atoms with Crippen molar-refractivity contribution >= 4 is 53.5 Å². The predicted molar refractivity (Wildman–Crippen MR) is 134 cm³/mol. The number of amides is 3. The summed E-state index contributed by atoms with van der Waals surface area (Å²) in [6.07, 6.45) is 0.638. The molecule has 0 aromatic heterocycles. The van der Waals surface area contributed by atoms with Crippen molar-refractivity contribution in [1.29, 1.82) is 0 Å². The van der Waals surface area contributed by atoms with E-state index in [2.05, 4.69) is 10.6 Å². The normalized spacial score (nSPS) is 19.0. The smallest absolute Gasteiger partial charge is 0.352 e. The van der Waals surface area contributed by atoms with E-state index in [1.807, 2.05) is 0 Å². The Kier molecular flexibility index (Phi) is 9.77. The minimum absolute atomic E-state index is 0.00824. The lowest BCUT2D eigenvalue weighted by Gasteiger charge is -2.49. The lowest BCUT2D eigenvalue weighted by atomic mass is 10.0. The lowest BCUT2D eigenvalue weighted by molar-refractivity contribution is -0.151. The zero-order valence-corrected chi connectivity index (χ0v) is 21.3. The molecule has 0 radical (unpaired) electrons. The number of carbonyl (C=O) groups is 7. The van der Waals surface area contributed by atoms with Crippen LogP contribution in [0.1, 0.15) is 43.0 Å². The van der Waals surface area contributed by atoms with Gasteiger partial charge in [0.05, 0.1) is 6.04 Å². The van der Waals surface area contributed by atoms with E-state index >= 15 is 0 Å². The number of rotatable bonds is 13. The number of hydrogen-bond acceptors (Lipinski definition) is 9. The molecule has 0 aliphatic carbocycles. The number of β-lactam (4-membered cyclic amide) rings is 1. The monoisotopic (exact) mass is 545 g/mol. The van der Waals surface area contributed by atoms with Crippen LogP contribution in [0.2, 0.25) is 0 Å². The van der Waals surface area contributed by atoms with Crippen molar-refractivity contribution in [3.63, 3.8) is 0 Å². The molecule has 12 nitrogen and oxygen atoms in total. The average Bonchev–Trinajstić information content (AvgIpc) is 2.89. The van der Waals surface area contributed by atoms with Crippen molar-refractivity contribution in [1.82, 2.24) is 15.5 Å². The number of aliphatic carboxylic acids is 1. The number of ketones is 1. The van der Waals surface area contributed by atoms with E-state index in [0.29, 0.717) is 11.8 Å². The average molecular weight is 546 g/mol. The number of carboxylic acids is 1. The zero-order chi connectivity index (χ0) is 27.8.